The minimum absolute atomic E-state index is 0.0238. The Morgan fingerprint density at radius 2 is 2.28 bits per heavy atom. The number of hydrogen-bond donors (Lipinski definition) is 2. The lowest BCUT2D eigenvalue weighted by Gasteiger charge is -2.15. The van der Waals surface area contributed by atoms with Crippen molar-refractivity contribution in [3.05, 3.63) is 10.6 Å². The molecule has 3 rings (SSSR count). The van der Waals surface area contributed by atoms with Gasteiger partial charge in [0.15, 0.2) is 5.13 Å². The van der Waals surface area contributed by atoms with Crippen LogP contribution in [0.5, 0.6) is 0 Å². The number of aromatic nitrogens is 1. The first kappa shape index (κ1) is 11.9. The molecule has 1 saturated carbocycles. The second kappa shape index (κ2) is 4.51. The molecule has 0 radical (unpaired) electrons. The third kappa shape index (κ3) is 2.35. The summed E-state index contributed by atoms with van der Waals surface area (Å²) < 4.78 is 0. The number of likely N-dealkylation sites (tertiary alicyclic amines) is 1. The number of hydrogen-bond acceptors (Lipinski definition) is 5. The van der Waals surface area contributed by atoms with E-state index in [4.69, 9.17) is 5.73 Å². The Labute approximate surface area is 110 Å². The highest BCUT2D eigenvalue weighted by Crippen LogP contribution is 2.30. The predicted molar refractivity (Wildman–Crippen MR) is 71.7 cm³/mol. The van der Waals surface area contributed by atoms with E-state index in [9.17, 15) is 4.79 Å². The molecule has 2 fully saturated rings. The van der Waals surface area contributed by atoms with Gasteiger partial charge in [0, 0.05) is 25.2 Å². The molecule has 6 heteroatoms. The molecule has 1 unspecified atom stereocenters. The molecule has 3 N–H and O–H groups in total. The van der Waals surface area contributed by atoms with Crippen LogP contribution in [0.15, 0.2) is 0 Å². The second-order valence-corrected chi connectivity index (χ2v) is 6.18. The van der Waals surface area contributed by atoms with Gasteiger partial charge in [-0.3, -0.25) is 9.69 Å². The van der Waals surface area contributed by atoms with E-state index >= 15 is 0 Å². The number of carbonyl (C=O) groups excluding carboxylic acids is 1. The van der Waals surface area contributed by atoms with Crippen LogP contribution in [0.25, 0.3) is 0 Å². The number of thiazole rings is 1. The highest BCUT2D eigenvalue weighted by Gasteiger charge is 2.35. The van der Waals surface area contributed by atoms with Crippen LogP contribution in [-0.2, 0) is 0 Å². The van der Waals surface area contributed by atoms with Crippen LogP contribution in [0, 0.1) is 6.92 Å². The Balaban J connectivity index is 1.59. The number of amides is 1. The van der Waals surface area contributed by atoms with Crippen molar-refractivity contribution in [3.63, 3.8) is 0 Å². The Bertz CT molecular complexity index is 469. The maximum absolute atomic E-state index is 12.1. The van der Waals surface area contributed by atoms with Gasteiger partial charge in [0.1, 0.15) is 4.88 Å². The topological polar surface area (TPSA) is 71.2 Å². The van der Waals surface area contributed by atoms with Crippen LogP contribution in [0.2, 0.25) is 0 Å². The average molecular weight is 266 g/mol. The lowest BCUT2D eigenvalue weighted by atomic mass is 10.2. The van der Waals surface area contributed by atoms with Gasteiger partial charge in [0.05, 0.1) is 5.69 Å². The van der Waals surface area contributed by atoms with Crippen molar-refractivity contribution in [2.75, 3.05) is 18.8 Å². The summed E-state index contributed by atoms with van der Waals surface area (Å²) in [6.45, 7) is 3.93. The molecular formula is C12H18N4OS. The summed E-state index contributed by atoms with van der Waals surface area (Å²) >= 11 is 1.27. The number of nitrogens with two attached hydrogens (primary N) is 1. The summed E-state index contributed by atoms with van der Waals surface area (Å²) in [5, 5.41) is 3.56. The molecule has 0 aromatic carbocycles. The Morgan fingerprint density at radius 1 is 1.50 bits per heavy atom. The standard InChI is InChI=1S/C12H18N4OS/c1-7-10(18-12(13)14-7)11(17)15-8-4-5-16(6-8)9-2-3-9/h8-9H,2-6H2,1H3,(H2,13,14)(H,15,17). The van der Waals surface area contributed by atoms with Crippen molar-refractivity contribution in [3.8, 4) is 0 Å². The smallest absolute Gasteiger partial charge is 0.263 e. The van der Waals surface area contributed by atoms with E-state index in [1.54, 1.807) is 0 Å². The minimum atomic E-state index is -0.0238. The van der Waals surface area contributed by atoms with Crippen LogP contribution in [0.3, 0.4) is 0 Å². The van der Waals surface area contributed by atoms with Gasteiger partial charge in [0.2, 0.25) is 0 Å². The van der Waals surface area contributed by atoms with Crippen molar-refractivity contribution in [1.82, 2.24) is 15.2 Å². The molecule has 1 atom stereocenters. The molecule has 1 aromatic heterocycles. The van der Waals surface area contributed by atoms with E-state index < -0.39 is 0 Å². The molecular weight excluding hydrogens is 248 g/mol. The fourth-order valence-electron chi connectivity index (χ4n) is 2.56. The zero-order valence-electron chi connectivity index (χ0n) is 10.5. The monoisotopic (exact) mass is 266 g/mol. The van der Waals surface area contributed by atoms with Gasteiger partial charge in [-0.25, -0.2) is 4.98 Å². The van der Waals surface area contributed by atoms with Gasteiger partial charge in [-0.1, -0.05) is 11.3 Å². The molecule has 1 amide bonds. The van der Waals surface area contributed by atoms with Gasteiger partial charge in [-0.15, -0.1) is 0 Å². The zero-order chi connectivity index (χ0) is 12.7. The molecule has 1 aromatic rings. The molecule has 18 heavy (non-hydrogen) atoms. The first-order valence-corrected chi connectivity index (χ1v) is 7.23. The molecule has 98 valence electrons. The third-order valence-electron chi connectivity index (χ3n) is 3.64. The predicted octanol–water partition coefficient (Wildman–Crippen LogP) is 1.00. The largest absolute Gasteiger partial charge is 0.375 e. The summed E-state index contributed by atoms with van der Waals surface area (Å²) in [4.78, 5) is 19.3. The molecule has 1 aliphatic heterocycles. The maximum Gasteiger partial charge on any atom is 0.263 e. The Morgan fingerprint density at radius 3 is 2.89 bits per heavy atom. The van der Waals surface area contributed by atoms with Crippen LogP contribution in [0.4, 0.5) is 5.13 Å². The van der Waals surface area contributed by atoms with E-state index in [2.05, 4.69) is 15.2 Å². The van der Waals surface area contributed by atoms with Crippen LogP contribution >= 0.6 is 11.3 Å². The zero-order valence-corrected chi connectivity index (χ0v) is 11.3. The molecule has 0 spiro atoms. The van der Waals surface area contributed by atoms with E-state index in [1.165, 1.54) is 24.2 Å². The van der Waals surface area contributed by atoms with E-state index in [0.29, 0.717) is 10.0 Å². The van der Waals surface area contributed by atoms with Crippen molar-refractivity contribution in [1.29, 1.82) is 0 Å². The first-order valence-electron chi connectivity index (χ1n) is 6.41. The quantitative estimate of drug-likeness (QED) is 0.856. The summed E-state index contributed by atoms with van der Waals surface area (Å²) in [7, 11) is 0. The van der Waals surface area contributed by atoms with Crippen LogP contribution in [-0.4, -0.2) is 41.0 Å². The van der Waals surface area contributed by atoms with Gasteiger partial charge < -0.3 is 11.1 Å². The van der Waals surface area contributed by atoms with Gasteiger partial charge in [-0.05, 0) is 26.2 Å². The fraction of sp³-hybridized carbons (Fsp3) is 0.667. The number of carbonyl (C=O) groups is 1. The lowest BCUT2D eigenvalue weighted by molar-refractivity contribution is 0.0941. The lowest BCUT2D eigenvalue weighted by Crippen LogP contribution is -2.37. The summed E-state index contributed by atoms with van der Waals surface area (Å²) in [6.07, 6.45) is 3.70. The fourth-order valence-corrected chi connectivity index (χ4v) is 3.29. The van der Waals surface area contributed by atoms with E-state index in [1.807, 2.05) is 6.92 Å². The third-order valence-corrected chi connectivity index (χ3v) is 4.62. The number of nitrogens with zero attached hydrogens (tertiary/aromatic N) is 2. The van der Waals surface area contributed by atoms with Crippen molar-refractivity contribution < 1.29 is 4.79 Å². The molecule has 2 aliphatic rings. The Kier molecular flexibility index (Phi) is 2.99. The van der Waals surface area contributed by atoms with Crippen molar-refractivity contribution in [2.24, 2.45) is 0 Å². The van der Waals surface area contributed by atoms with Gasteiger partial charge in [-0.2, -0.15) is 0 Å². The number of rotatable bonds is 3. The van der Waals surface area contributed by atoms with Crippen LogP contribution < -0.4 is 11.1 Å². The molecule has 1 saturated heterocycles. The minimum Gasteiger partial charge on any atom is -0.375 e. The summed E-state index contributed by atoms with van der Waals surface area (Å²) in [5.41, 5.74) is 6.34. The maximum atomic E-state index is 12.1. The summed E-state index contributed by atoms with van der Waals surface area (Å²) in [6, 6.07) is 1.06. The number of aryl methyl sites for hydroxylation is 1. The summed E-state index contributed by atoms with van der Waals surface area (Å²) in [5.74, 6) is -0.0238. The SMILES string of the molecule is Cc1nc(N)sc1C(=O)NC1CCN(C2CC2)C1. The average Bonchev–Trinajstić information content (AvgIpc) is 2.97. The molecule has 0 bridgehead atoms. The molecule has 5 nitrogen and oxygen atoms in total. The highest BCUT2D eigenvalue weighted by molar-refractivity contribution is 7.17. The first-order chi connectivity index (χ1) is 8.63. The number of nitrogen functional groups attached to an aromatic ring is 1. The van der Waals surface area contributed by atoms with Crippen LogP contribution in [0.1, 0.15) is 34.6 Å². The Hall–Kier alpha value is -1.14. The highest BCUT2D eigenvalue weighted by atomic mass is 32.1. The van der Waals surface area contributed by atoms with Crippen molar-refractivity contribution >= 4 is 22.4 Å². The van der Waals surface area contributed by atoms with Crippen molar-refractivity contribution in [2.45, 2.75) is 38.3 Å². The van der Waals surface area contributed by atoms with E-state index in [-0.39, 0.29) is 11.9 Å². The number of anilines is 1. The van der Waals surface area contributed by atoms with E-state index in [0.717, 1.165) is 31.2 Å². The van der Waals surface area contributed by atoms with Gasteiger partial charge in [0.25, 0.3) is 5.91 Å². The normalized spacial score (nSPS) is 24.4. The van der Waals surface area contributed by atoms with Gasteiger partial charge >= 0.3 is 0 Å². The molecule has 1 aliphatic carbocycles. The number of nitrogens with one attached hydrogen (secondary N) is 1. The molecule has 2 heterocycles. The second-order valence-electron chi connectivity index (χ2n) is 5.15.